The number of halogens is 2. The number of amides is 2. The zero-order valence-corrected chi connectivity index (χ0v) is 17.4. The Labute approximate surface area is 176 Å². The molecular formula is C22H26Cl2N2O2. The van der Waals surface area contributed by atoms with Gasteiger partial charge >= 0.3 is 0 Å². The lowest BCUT2D eigenvalue weighted by Crippen LogP contribution is -2.24. The zero-order valence-electron chi connectivity index (χ0n) is 15.8. The van der Waals surface area contributed by atoms with Gasteiger partial charge in [0.2, 0.25) is 0 Å². The maximum absolute atomic E-state index is 11.9. The summed E-state index contributed by atoms with van der Waals surface area (Å²) in [6, 6.07) is 13.8. The van der Waals surface area contributed by atoms with Crippen molar-refractivity contribution in [3.8, 4) is 0 Å². The normalized spacial score (nSPS) is 10.5. The maximum atomic E-state index is 11.9. The average Bonchev–Trinajstić information content (AvgIpc) is 2.70. The fourth-order valence-electron chi connectivity index (χ4n) is 2.77. The lowest BCUT2D eigenvalue weighted by atomic mass is 10.1. The van der Waals surface area contributed by atoms with Crippen molar-refractivity contribution < 1.29 is 9.59 Å². The van der Waals surface area contributed by atoms with Crippen LogP contribution in [0.1, 0.15) is 59.2 Å². The third-order valence-electron chi connectivity index (χ3n) is 4.39. The van der Waals surface area contributed by atoms with Crippen LogP contribution in [0.25, 0.3) is 0 Å². The fraction of sp³-hybridized carbons (Fsp3) is 0.364. The minimum absolute atomic E-state index is 0.0619. The number of carbonyl (C=O) groups is 2. The molecular weight excluding hydrogens is 395 g/mol. The lowest BCUT2D eigenvalue weighted by Gasteiger charge is -2.06. The molecule has 0 fully saturated rings. The molecule has 0 aromatic heterocycles. The monoisotopic (exact) mass is 420 g/mol. The molecule has 0 aliphatic rings. The molecule has 150 valence electrons. The van der Waals surface area contributed by atoms with Crippen LogP contribution < -0.4 is 10.6 Å². The molecule has 0 saturated heterocycles. The number of nitrogens with one attached hydrogen (secondary N) is 2. The Balaban J connectivity index is 1.44. The molecule has 2 aromatic rings. The summed E-state index contributed by atoms with van der Waals surface area (Å²) in [7, 11) is 0. The largest absolute Gasteiger partial charge is 0.352 e. The second kappa shape index (κ2) is 12.4. The number of carbonyl (C=O) groups excluding carboxylic acids is 2. The highest BCUT2D eigenvalue weighted by Crippen LogP contribution is 2.10. The van der Waals surface area contributed by atoms with Gasteiger partial charge in [0.15, 0.2) is 0 Å². The van der Waals surface area contributed by atoms with Crippen molar-refractivity contribution in [1.82, 2.24) is 10.6 Å². The van der Waals surface area contributed by atoms with E-state index in [9.17, 15) is 9.59 Å². The average molecular weight is 421 g/mol. The Morgan fingerprint density at radius 3 is 1.25 bits per heavy atom. The van der Waals surface area contributed by atoms with Crippen LogP contribution in [0.3, 0.4) is 0 Å². The van der Waals surface area contributed by atoms with Crippen LogP contribution in [-0.4, -0.2) is 24.9 Å². The van der Waals surface area contributed by atoms with Crippen LogP contribution in [0.15, 0.2) is 48.5 Å². The molecule has 0 atom stereocenters. The van der Waals surface area contributed by atoms with Gasteiger partial charge in [-0.15, -0.1) is 0 Å². The minimum Gasteiger partial charge on any atom is -0.352 e. The van der Waals surface area contributed by atoms with Crippen molar-refractivity contribution in [2.45, 2.75) is 38.5 Å². The molecule has 0 radical (unpaired) electrons. The standard InChI is InChI=1S/C22H26Cl2N2O2/c23-19-11-7-17(8-12-19)21(27)25-15-5-3-1-2-4-6-16-26-22(28)18-9-13-20(24)14-10-18/h7-14H,1-6,15-16H2,(H,25,27)(H,26,28). The Kier molecular flexibility index (Phi) is 9.87. The molecule has 2 N–H and O–H groups in total. The van der Waals surface area contributed by atoms with E-state index >= 15 is 0 Å². The van der Waals surface area contributed by atoms with Crippen LogP contribution in [0, 0.1) is 0 Å². The van der Waals surface area contributed by atoms with E-state index in [1.165, 1.54) is 0 Å². The van der Waals surface area contributed by atoms with Crippen molar-refractivity contribution in [2.75, 3.05) is 13.1 Å². The van der Waals surface area contributed by atoms with Crippen molar-refractivity contribution in [3.05, 3.63) is 69.7 Å². The van der Waals surface area contributed by atoms with E-state index in [0.29, 0.717) is 34.3 Å². The molecule has 0 heterocycles. The maximum Gasteiger partial charge on any atom is 0.251 e. The summed E-state index contributed by atoms with van der Waals surface area (Å²) in [6.45, 7) is 1.36. The fourth-order valence-corrected chi connectivity index (χ4v) is 3.02. The smallest absolute Gasteiger partial charge is 0.251 e. The van der Waals surface area contributed by atoms with E-state index in [1.54, 1.807) is 48.5 Å². The van der Waals surface area contributed by atoms with Gasteiger partial charge in [-0.05, 0) is 61.4 Å². The highest BCUT2D eigenvalue weighted by atomic mass is 35.5. The molecule has 2 amide bonds. The Morgan fingerprint density at radius 1 is 0.571 bits per heavy atom. The van der Waals surface area contributed by atoms with Crippen molar-refractivity contribution >= 4 is 35.0 Å². The number of benzene rings is 2. The second-order valence-electron chi connectivity index (χ2n) is 6.65. The van der Waals surface area contributed by atoms with Crippen LogP contribution in [-0.2, 0) is 0 Å². The lowest BCUT2D eigenvalue weighted by molar-refractivity contribution is 0.0944. The highest BCUT2D eigenvalue weighted by molar-refractivity contribution is 6.31. The highest BCUT2D eigenvalue weighted by Gasteiger charge is 2.05. The number of hydrogen-bond acceptors (Lipinski definition) is 2. The van der Waals surface area contributed by atoms with E-state index in [4.69, 9.17) is 23.2 Å². The molecule has 0 bridgehead atoms. The number of unbranched alkanes of at least 4 members (excludes halogenated alkanes) is 5. The Morgan fingerprint density at radius 2 is 0.893 bits per heavy atom. The molecule has 28 heavy (non-hydrogen) atoms. The molecule has 0 saturated carbocycles. The van der Waals surface area contributed by atoms with Gasteiger partial charge in [0.1, 0.15) is 0 Å². The van der Waals surface area contributed by atoms with Gasteiger partial charge in [0.25, 0.3) is 11.8 Å². The Hall–Kier alpha value is -2.04. The summed E-state index contributed by atoms with van der Waals surface area (Å²) in [4.78, 5) is 23.9. The van der Waals surface area contributed by atoms with Gasteiger partial charge in [-0.3, -0.25) is 9.59 Å². The first-order valence-electron chi connectivity index (χ1n) is 9.64. The van der Waals surface area contributed by atoms with E-state index in [2.05, 4.69) is 10.6 Å². The van der Waals surface area contributed by atoms with Crippen molar-refractivity contribution in [3.63, 3.8) is 0 Å². The summed E-state index contributed by atoms with van der Waals surface area (Å²) in [5.41, 5.74) is 1.26. The summed E-state index contributed by atoms with van der Waals surface area (Å²) >= 11 is 11.6. The van der Waals surface area contributed by atoms with Gasteiger partial charge in [0.05, 0.1) is 0 Å². The van der Waals surface area contributed by atoms with Crippen LogP contribution in [0.2, 0.25) is 10.0 Å². The summed E-state index contributed by atoms with van der Waals surface area (Å²) < 4.78 is 0. The van der Waals surface area contributed by atoms with Gasteiger partial charge in [-0.1, -0.05) is 48.9 Å². The third kappa shape index (κ3) is 8.32. The molecule has 0 aliphatic carbocycles. The molecule has 4 nitrogen and oxygen atoms in total. The Bertz CT molecular complexity index is 681. The predicted octanol–water partition coefficient (Wildman–Crippen LogP) is 5.49. The molecule has 2 aromatic carbocycles. The van der Waals surface area contributed by atoms with Gasteiger partial charge < -0.3 is 10.6 Å². The van der Waals surface area contributed by atoms with Gasteiger partial charge in [-0.2, -0.15) is 0 Å². The first-order valence-corrected chi connectivity index (χ1v) is 10.4. The van der Waals surface area contributed by atoms with E-state index < -0.39 is 0 Å². The molecule has 0 unspecified atom stereocenters. The predicted molar refractivity (Wildman–Crippen MR) is 115 cm³/mol. The summed E-state index contributed by atoms with van der Waals surface area (Å²) in [6.07, 6.45) is 6.35. The minimum atomic E-state index is -0.0619. The molecule has 0 aliphatic heterocycles. The first kappa shape index (κ1) is 22.3. The second-order valence-corrected chi connectivity index (χ2v) is 7.52. The van der Waals surface area contributed by atoms with Crippen LogP contribution in [0.5, 0.6) is 0 Å². The topological polar surface area (TPSA) is 58.2 Å². The van der Waals surface area contributed by atoms with Gasteiger partial charge in [-0.25, -0.2) is 0 Å². The molecule has 2 rings (SSSR count). The molecule has 6 heteroatoms. The quantitative estimate of drug-likeness (QED) is 0.471. The summed E-state index contributed by atoms with van der Waals surface area (Å²) in [5, 5.41) is 7.10. The third-order valence-corrected chi connectivity index (χ3v) is 4.89. The van der Waals surface area contributed by atoms with Crippen molar-refractivity contribution in [1.29, 1.82) is 0 Å². The number of rotatable bonds is 11. The first-order chi connectivity index (χ1) is 13.6. The number of hydrogen-bond donors (Lipinski definition) is 2. The van der Waals surface area contributed by atoms with E-state index in [0.717, 1.165) is 38.5 Å². The van der Waals surface area contributed by atoms with Gasteiger partial charge in [0, 0.05) is 34.3 Å². The molecule has 0 spiro atoms. The van der Waals surface area contributed by atoms with Crippen molar-refractivity contribution in [2.24, 2.45) is 0 Å². The SMILES string of the molecule is O=C(NCCCCCCCCNC(=O)c1ccc(Cl)cc1)c1ccc(Cl)cc1. The van der Waals surface area contributed by atoms with E-state index in [1.807, 2.05) is 0 Å². The van der Waals surface area contributed by atoms with Crippen LogP contribution >= 0.6 is 23.2 Å². The van der Waals surface area contributed by atoms with E-state index in [-0.39, 0.29) is 11.8 Å². The zero-order chi connectivity index (χ0) is 20.2. The summed E-state index contributed by atoms with van der Waals surface area (Å²) in [5.74, 6) is -0.124. The van der Waals surface area contributed by atoms with Crippen LogP contribution in [0.4, 0.5) is 0 Å².